The Bertz CT molecular complexity index is 2220. The van der Waals surface area contributed by atoms with E-state index < -0.39 is 11.2 Å². The summed E-state index contributed by atoms with van der Waals surface area (Å²) in [5.41, 5.74) is 3.94. The number of aromatic nitrogens is 6. The van der Waals surface area contributed by atoms with Gasteiger partial charge in [0.25, 0.3) is 11.1 Å². The van der Waals surface area contributed by atoms with E-state index in [2.05, 4.69) is 9.97 Å². The van der Waals surface area contributed by atoms with Crippen LogP contribution < -0.4 is 30.8 Å². The SMILES string of the molecule is COc1cc(/C=c2\sc3nc4cc(C)c(C)cc4n3c2=O)ccc1Oc1nc2c(c(=O)n(C)c(=O)n2C)n1C. The lowest BCUT2D eigenvalue weighted by Gasteiger charge is -2.10. The zero-order valence-electron chi connectivity index (χ0n) is 22.1. The molecule has 0 amide bonds. The van der Waals surface area contributed by atoms with Crippen molar-refractivity contribution in [1.82, 2.24) is 28.1 Å². The first kappa shape index (κ1) is 24.6. The molecule has 12 heteroatoms. The predicted molar refractivity (Wildman–Crippen MR) is 149 cm³/mol. The monoisotopic (exact) mass is 544 g/mol. The summed E-state index contributed by atoms with van der Waals surface area (Å²) < 4.78 is 17.6. The molecule has 2 aromatic carbocycles. The van der Waals surface area contributed by atoms with Crippen molar-refractivity contribution in [3.8, 4) is 17.5 Å². The summed E-state index contributed by atoms with van der Waals surface area (Å²) in [4.78, 5) is 47.9. The Hall–Kier alpha value is -4.71. The second-order valence-corrected chi connectivity index (χ2v) is 10.4. The third-order valence-electron chi connectivity index (χ3n) is 6.98. The number of imidazole rings is 2. The first-order valence-corrected chi connectivity index (χ1v) is 12.8. The van der Waals surface area contributed by atoms with Crippen molar-refractivity contribution in [2.24, 2.45) is 21.1 Å². The number of aryl methyl sites for hydroxylation is 4. The van der Waals surface area contributed by atoms with E-state index in [9.17, 15) is 14.4 Å². The largest absolute Gasteiger partial charge is 0.493 e. The van der Waals surface area contributed by atoms with E-state index in [1.807, 2.05) is 26.0 Å². The van der Waals surface area contributed by atoms with Crippen LogP contribution in [0.1, 0.15) is 16.7 Å². The second kappa shape index (κ2) is 8.67. The molecule has 0 fully saturated rings. The topological polar surface area (TPSA) is 115 Å². The van der Waals surface area contributed by atoms with Crippen molar-refractivity contribution in [2.75, 3.05) is 7.11 Å². The maximum absolute atomic E-state index is 13.3. The van der Waals surface area contributed by atoms with Gasteiger partial charge in [0.1, 0.15) is 0 Å². The summed E-state index contributed by atoms with van der Waals surface area (Å²) in [5.74, 6) is 0.762. The van der Waals surface area contributed by atoms with Crippen LogP contribution in [0.3, 0.4) is 0 Å². The number of rotatable bonds is 4. The highest BCUT2D eigenvalue weighted by atomic mass is 32.1. The quantitative estimate of drug-likeness (QED) is 0.334. The van der Waals surface area contributed by atoms with Gasteiger partial charge in [0, 0.05) is 21.1 Å². The van der Waals surface area contributed by atoms with Crippen LogP contribution >= 0.6 is 11.3 Å². The highest BCUT2D eigenvalue weighted by Gasteiger charge is 2.20. The summed E-state index contributed by atoms with van der Waals surface area (Å²) in [6.07, 6.45) is 1.79. The number of ether oxygens (including phenoxy) is 2. The van der Waals surface area contributed by atoms with Gasteiger partial charge in [-0.1, -0.05) is 17.4 Å². The van der Waals surface area contributed by atoms with Crippen molar-refractivity contribution >= 4 is 44.6 Å². The van der Waals surface area contributed by atoms with Gasteiger partial charge in [0.15, 0.2) is 27.6 Å². The van der Waals surface area contributed by atoms with E-state index in [1.165, 1.54) is 34.6 Å². The Labute approximate surface area is 224 Å². The Balaban J connectivity index is 1.41. The summed E-state index contributed by atoms with van der Waals surface area (Å²) >= 11 is 1.32. The smallest absolute Gasteiger partial charge is 0.332 e. The van der Waals surface area contributed by atoms with Crippen LogP contribution in [0, 0.1) is 13.8 Å². The van der Waals surface area contributed by atoms with Gasteiger partial charge in [-0.15, -0.1) is 0 Å². The molecule has 0 bridgehead atoms. The van der Waals surface area contributed by atoms with E-state index in [-0.39, 0.29) is 22.7 Å². The molecule has 198 valence electrons. The molecule has 0 aliphatic heterocycles. The lowest BCUT2D eigenvalue weighted by atomic mass is 10.1. The second-order valence-electron chi connectivity index (χ2n) is 9.41. The molecule has 0 radical (unpaired) electrons. The maximum Gasteiger partial charge on any atom is 0.332 e. The van der Waals surface area contributed by atoms with Gasteiger partial charge < -0.3 is 9.47 Å². The molecule has 0 aliphatic carbocycles. The van der Waals surface area contributed by atoms with Crippen molar-refractivity contribution < 1.29 is 9.47 Å². The van der Waals surface area contributed by atoms with E-state index >= 15 is 0 Å². The van der Waals surface area contributed by atoms with Crippen LogP contribution in [0.5, 0.6) is 17.5 Å². The summed E-state index contributed by atoms with van der Waals surface area (Å²) in [7, 11) is 6.11. The Morgan fingerprint density at radius 2 is 1.62 bits per heavy atom. The molecule has 6 aromatic rings. The van der Waals surface area contributed by atoms with Crippen LogP contribution in [0.2, 0.25) is 0 Å². The van der Waals surface area contributed by atoms with Gasteiger partial charge >= 0.3 is 11.7 Å². The van der Waals surface area contributed by atoms with Crippen molar-refractivity contribution in [3.63, 3.8) is 0 Å². The van der Waals surface area contributed by atoms with E-state index in [1.54, 1.807) is 42.8 Å². The van der Waals surface area contributed by atoms with Crippen LogP contribution in [-0.2, 0) is 21.1 Å². The highest BCUT2D eigenvalue weighted by molar-refractivity contribution is 7.15. The molecular weight excluding hydrogens is 520 g/mol. The van der Waals surface area contributed by atoms with Gasteiger partial charge in [0.2, 0.25) is 0 Å². The van der Waals surface area contributed by atoms with Crippen molar-refractivity contribution in [3.05, 3.63) is 82.7 Å². The molecule has 0 saturated carbocycles. The molecular formula is C27H24N6O5S. The first-order valence-electron chi connectivity index (χ1n) is 12.0. The van der Waals surface area contributed by atoms with E-state index in [0.717, 1.165) is 32.3 Å². The fraction of sp³-hybridized carbons (Fsp3) is 0.222. The highest BCUT2D eigenvalue weighted by Crippen LogP contribution is 2.33. The summed E-state index contributed by atoms with van der Waals surface area (Å²) in [6, 6.07) is 9.36. The molecule has 4 heterocycles. The minimum Gasteiger partial charge on any atom is -0.493 e. The molecule has 6 rings (SSSR count). The number of hydrogen-bond donors (Lipinski definition) is 0. The molecule has 0 aliphatic rings. The van der Waals surface area contributed by atoms with Crippen molar-refractivity contribution in [2.45, 2.75) is 13.8 Å². The fourth-order valence-electron chi connectivity index (χ4n) is 4.62. The van der Waals surface area contributed by atoms with E-state index in [0.29, 0.717) is 21.0 Å². The van der Waals surface area contributed by atoms with Gasteiger partial charge in [-0.2, -0.15) is 4.98 Å². The number of nitrogens with zero attached hydrogens (tertiary/aromatic N) is 6. The zero-order valence-corrected chi connectivity index (χ0v) is 22.9. The summed E-state index contributed by atoms with van der Waals surface area (Å²) in [5, 5.41) is 0. The number of hydrogen-bond acceptors (Lipinski definition) is 8. The minimum atomic E-state index is -0.480. The fourth-order valence-corrected chi connectivity index (χ4v) is 5.60. The molecule has 11 nitrogen and oxygen atoms in total. The average molecular weight is 545 g/mol. The van der Waals surface area contributed by atoms with Gasteiger partial charge in [-0.3, -0.25) is 23.3 Å². The number of methoxy groups -OCH3 is 1. The number of thiazole rings is 1. The molecule has 0 unspecified atom stereocenters. The maximum atomic E-state index is 13.3. The number of fused-ring (bicyclic) bond motifs is 4. The Morgan fingerprint density at radius 3 is 2.36 bits per heavy atom. The van der Waals surface area contributed by atoms with Crippen LogP contribution in [-0.4, -0.2) is 35.2 Å². The zero-order chi connectivity index (χ0) is 27.7. The Kier molecular flexibility index (Phi) is 5.47. The normalized spacial score (nSPS) is 12.3. The third kappa shape index (κ3) is 3.67. The van der Waals surface area contributed by atoms with Gasteiger partial charge in [-0.05, 0) is 60.9 Å². The summed E-state index contributed by atoms with van der Waals surface area (Å²) in [6.45, 7) is 4.04. The molecule has 39 heavy (non-hydrogen) atoms. The number of benzene rings is 2. The van der Waals surface area contributed by atoms with E-state index in [4.69, 9.17) is 9.47 Å². The van der Waals surface area contributed by atoms with Crippen molar-refractivity contribution in [1.29, 1.82) is 0 Å². The molecule has 4 aromatic heterocycles. The van der Waals surface area contributed by atoms with Crippen LogP contribution in [0.15, 0.2) is 44.7 Å². The molecule has 0 atom stereocenters. The lowest BCUT2D eigenvalue weighted by Crippen LogP contribution is -2.37. The average Bonchev–Trinajstić information content (AvgIpc) is 3.53. The lowest BCUT2D eigenvalue weighted by molar-refractivity contribution is 0.363. The molecule has 0 N–H and O–H groups in total. The minimum absolute atomic E-state index is 0.122. The molecule has 0 saturated heterocycles. The third-order valence-corrected chi connectivity index (χ3v) is 7.94. The molecule has 0 spiro atoms. The first-order chi connectivity index (χ1) is 18.6. The van der Waals surface area contributed by atoms with Crippen LogP contribution in [0.25, 0.3) is 33.2 Å². The predicted octanol–water partition coefficient (Wildman–Crippen LogP) is 2.16. The van der Waals surface area contributed by atoms with Gasteiger partial charge in [-0.25, -0.2) is 14.2 Å². The standard InChI is InChI=1S/C27H24N6O5S/c1-13-9-16-17(10-14(13)2)33-23(34)20(39-26(33)28-16)12-15-7-8-18(19(11-15)37-6)38-25-29-22-21(30(25)3)24(35)32(5)27(36)31(22)4/h7-12H,1-6H3/b20-12-. The van der Waals surface area contributed by atoms with Gasteiger partial charge in [0.05, 0.1) is 22.7 Å². The Morgan fingerprint density at radius 1 is 0.872 bits per heavy atom. The van der Waals surface area contributed by atoms with Crippen LogP contribution in [0.4, 0.5) is 0 Å².